The van der Waals surface area contributed by atoms with Gasteiger partial charge in [-0.2, -0.15) is 0 Å². The Hall–Kier alpha value is -1.02. The first kappa shape index (κ1) is 23.0. The number of halogens is 1. The van der Waals surface area contributed by atoms with Crippen molar-refractivity contribution in [2.45, 2.75) is 58.0 Å². The van der Waals surface area contributed by atoms with Crippen LogP contribution in [0.15, 0.2) is 23.2 Å². The molecule has 0 radical (unpaired) electrons. The van der Waals surface area contributed by atoms with Gasteiger partial charge in [-0.1, -0.05) is 37.0 Å². The SMILES string of the molecule is CCNC(=NCC1(O)CCCCC1)NCCc1cc(C)ccc1OC.I. The second-order valence-electron chi connectivity index (χ2n) is 6.97. The quantitative estimate of drug-likeness (QED) is 0.321. The van der Waals surface area contributed by atoms with Gasteiger partial charge in [0.2, 0.25) is 0 Å². The molecule has 3 N–H and O–H groups in total. The number of aliphatic imine (C=N–C) groups is 1. The van der Waals surface area contributed by atoms with E-state index in [0.29, 0.717) is 6.54 Å². The van der Waals surface area contributed by atoms with Crippen LogP contribution in [0.2, 0.25) is 0 Å². The molecule has 0 amide bonds. The Morgan fingerprint density at radius 2 is 1.96 bits per heavy atom. The van der Waals surface area contributed by atoms with Gasteiger partial charge in [0.05, 0.1) is 19.3 Å². The number of hydrogen-bond donors (Lipinski definition) is 3. The third-order valence-electron chi connectivity index (χ3n) is 4.78. The highest BCUT2D eigenvalue weighted by molar-refractivity contribution is 14.0. The average Bonchev–Trinajstić information content (AvgIpc) is 2.60. The molecule has 1 aromatic rings. The zero-order valence-electron chi connectivity index (χ0n) is 16.3. The first-order chi connectivity index (χ1) is 12.1. The van der Waals surface area contributed by atoms with Crippen LogP contribution in [-0.4, -0.2) is 43.4 Å². The van der Waals surface area contributed by atoms with E-state index in [0.717, 1.165) is 56.9 Å². The van der Waals surface area contributed by atoms with E-state index >= 15 is 0 Å². The second kappa shape index (κ2) is 11.6. The fraction of sp³-hybridized carbons (Fsp3) is 0.650. The molecule has 1 aromatic carbocycles. The van der Waals surface area contributed by atoms with E-state index in [-0.39, 0.29) is 24.0 Å². The smallest absolute Gasteiger partial charge is 0.191 e. The van der Waals surface area contributed by atoms with Gasteiger partial charge in [0.25, 0.3) is 0 Å². The minimum absolute atomic E-state index is 0. The molecule has 0 aliphatic heterocycles. The number of ether oxygens (including phenoxy) is 1. The summed E-state index contributed by atoms with van der Waals surface area (Å²) in [6.45, 7) is 6.18. The fourth-order valence-electron chi connectivity index (χ4n) is 3.35. The van der Waals surface area contributed by atoms with E-state index < -0.39 is 5.60 Å². The zero-order valence-corrected chi connectivity index (χ0v) is 18.6. The van der Waals surface area contributed by atoms with Gasteiger partial charge in [-0.25, -0.2) is 0 Å². The molecule has 0 bridgehead atoms. The third-order valence-corrected chi connectivity index (χ3v) is 4.78. The third kappa shape index (κ3) is 7.31. The monoisotopic (exact) mass is 475 g/mol. The molecule has 0 saturated heterocycles. The van der Waals surface area contributed by atoms with E-state index in [9.17, 15) is 5.11 Å². The largest absolute Gasteiger partial charge is 0.496 e. The number of nitrogens with one attached hydrogen (secondary N) is 2. The maximum absolute atomic E-state index is 10.6. The number of rotatable bonds is 7. The molecular weight excluding hydrogens is 441 g/mol. The van der Waals surface area contributed by atoms with E-state index in [4.69, 9.17) is 4.74 Å². The van der Waals surface area contributed by atoms with Crippen molar-refractivity contribution in [2.24, 2.45) is 4.99 Å². The van der Waals surface area contributed by atoms with E-state index in [2.05, 4.69) is 41.6 Å². The average molecular weight is 475 g/mol. The number of benzene rings is 1. The lowest BCUT2D eigenvalue weighted by Gasteiger charge is -2.30. The lowest BCUT2D eigenvalue weighted by atomic mass is 9.85. The summed E-state index contributed by atoms with van der Waals surface area (Å²) in [5.41, 5.74) is 1.80. The molecule has 148 valence electrons. The molecule has 0 heterocycles. The van der Waals surface area contributed by atoms with Crippen molar-refractivity contribution in [3.63, 3.8) is 0 Å². The van der Waals surface area contributed by atoms with Crippen LogP contribution in [-0.2, 0) is 6.42 Å². The molecule has 0 spiro atoms. The van der Waals surface area contributed by atoms with Gasteiger partial charge in [-0.05, 0) is 44.7 Å². The molecule has 0 aromatic heterocycles. The molecule has 0 atom stereocenters. The standard InChI is InChI=1S/C20H33N3O2.HI/c1-4-21-19(23-15-20(24)11-6-5-7-12-20)22-13-10-17-14-16(2)8-9-18(17)25-3;/h8-9,14,24H,4-7,10-13,15H2,1-3H3,(H2,21,22,23);1H. The topological polar surface area (TPSA) is 65.9 Å². The minimum atomic E-state index is -0.625. The summed E-state index contributed by atoms with van der Waals surface area (Å²) in [6, 6.07) is 6.24. The molecule has 26 heavy (non-hydrogen) atoms. The Bertz CT molecular complexity index is 572. The van der Waals surface area contributed by atoms with Crippen LogP contribution in [0.4, 0.5) is 0 Å². The van der Waals surface area contributed by atoms with E-state index in [1.54, 1.807) is 7.11 Å². The van der Waals surface area contributed by atoms with Crippen LogP contribution in [0.25, 0.3) is 0 Å². The Morgan fingerprint density at radius 1 is 1.23 bits per heavy atom. The van der Waals surface area contributed by atoms with Crippen molar-refractivity contribution in [3.05, 3.63) is 29.3 Å². The lowest BCUT2D eigenvalue weighted by Crippen LogP contribution is -2.41. The highest BCUT2D eigenvalue weighted by atomic mass is 127. The zero-order chi connectivity index (χ0) is 18.1. The molecule has 5 nitrogen and oxygen atoms in total. The van der Waals surface area contributed by atoms with Crippen LogP contribution < -0.4 is 15.4 Å². The predicted octanol–water partition coefficient (Wildman–Crippen LogP) is 3.41. The normalized spacial score (nSPS) is 16.5. The number of nitrogens with zero attached hydrogens (tertiary/aromatic N) is 1. The minimum Gasteiger partial charge on any atom is -0.496 e. The lowest BCUT2D eigenvalue weighted by molar-refractivity contribution is 0.0131. The number of hydrogen-bond acceptors (Lipinski definition) is 3. The van der Waals surface area contributed by atoms with E-state index in [1.165, 1.54) is 17.5 Å². The molecule has 1 saturated carbocycles. The molecule has 1 aliphatic rings. The summed E-state index contributed by atoms with van der Waals surface area (Å²) < 4.78 is 5.44. The van der Waals surface area contributed by atoms with Crippen LogP contribution in [0, 0.1) is 6.92 Å². The Kier molecular flexibility index (Phi) is 10.3. The highest BCUT2D eigenvalue weighted by Gasteiger charge is 2.28. The summed E-state index contributed by atoms with van der Waals surface area (Å²) in [5.74, 6) is 1.69. The fourth-order valence-corrected chi connectivity index (χ4v) is 3.35. The second-order valence-corrected chi connectivity index (χ2v) is 6.97. The maximum atomic E-state index is 10.6. The van der Waals surface area contributed by atoms with Crippen molar-refractivity contribution >= 4 is 29.9 Å². The molecule has 2 rings (SSSR count). The van der Waals surface area contributed by atoms with Crippen LogP contribution in [0.1, 0.15) is 50.2 Å². The van der Waals surface area contributed by atoms with Gasteiger partial charge in [0.1, 0.15) is 5.75 Å². The van der Waals surface area contributed by atoms with Gasteiger partial charge in [-0.3, -0.25) is 4.99 Å². The molecule has 1 aliphatic carbocycles. The van der Waals surface area contributed by atoms with Crippen molar-refractivity contribution in [2.75, 3.05) is 26.7 Å². The van der Waals surface area contributed by atoms with Crippen molar-refractivity contribution in [1.82, 2.24) is 10.6 Å². The summed E-state index contributed by atoms with van der Waals surface area (Å²) in [7, 11) is 1.71. The van der Waals surface area contributed by atoms with E-state index in [1.807, 2.05) is 6.07 Å². The summed E-state index contributed by atoms with van der Waals surface area (Å²) in [4.78, 5) is 4.61. The van der Waals surface area contributed by atoms with Crippen molar-refractivity contribution < 1.29 is 9.84 Å². The Labute approximate surface area is 175 Å². The van der Waals surface area contributed by atoms with Gasteiger partial charge < -0.3 is 20.5 Å². The highest BCUT2D eigenvalue weighted by Crippen LogP contribution is 2.28. The Morgan fingerprint density at radius 3 is 2.62 bits per heavy atom. The molecule has 0 unspecified atom stereocenters. The van der Waals surface area contributed by atoms with Gasteiger partial charge in [0, 0.05) is 13.1 Å². The molecular formula is C20H34IN3O2. The molecule has 1 fully saturated rings. The summed E-state index contributed by atoms with van der Waals surface area (Å²) in [5, 5.41) is 17.2. The van der Waals surface area contributed by atoms with Gasteiger partial charge in [-0.15, -0.1) is 24.0 Å². The van der Waals surface area contributed by atoms with Crippen LogP contribution in [0.3, 0.4) is 0 Å². The molecule has 6 heteroatoms. The number of guanidine groups is 1. The number of methoxy groups -OCH3 is 1. The van der Waals surface area contributed by atoms with Crippen LogP contribution in [0.5, 0.6) is 5.75 Å². The summed E-state index contributed by atoms with van der Waals surface area (Å²) >= 11 is 0. The predicted molar refractivity (Wildman–Crippen MR) is 119 cm³/mol. The van der Waals surface area contributed by atoms with Crippen molar-refractivity contribution in [1.29, 1.82) is 0 Å². The first-order valence-electron chi connectivity index (χ1n) is 9.44. The first-order valence-corrected chi connectivity index (χ1v) is 9.44. The van der Waals surface area contributed by atoms with Gasteiger partial charge in [0.15, 0.2) is 5.96 Å². The maximum Gasteiger partial charge on any atom is 0.191 e. The Balaban J connectivity index is 0.00000338. The van der Waals surface area contributed by atoms with Crippen molar-refractivity contribution in [3.8, 4) is 5.75 Å². The van der Waals surface area contributed by atoms with Gasteiger partial charge >= 0.3 is 0 Å². The number of aliphatic hydroxyl groups is 1. The number of aryl methyl sites for hydroxylation is 1. The summed E-state index contributed by atoms with van der Waals surface area (Å²) in [6.07, 6.45) is 6.00. The van der Waals surface area contributed by atoms with Crippen LogP contribution >= 0.6 is 24.0 Å².